The lowest BCUT2D eigenvalue weighted by Crippen LogP contribution is -2.60. The molecule has 0 aromatic heterocycles. The topological polar surface area (TPSA) is 49.4 Å². The molecule has 0 radical (unpaired) electrons. The van der Waals surface area contributed by atoms with Crippen molar-refractivity contribution in [3.8, 4) is 0 Å². The van der Waals surface area contributed by atoms with Gasteiger partial charge in [-0.1, -0.05) is 30.3 Å². The Balaban J connectivity index is 1.92. The van der Waals surface area contributed by atoms with Gasteiger partial charge in [0.15, 0.2) is 0 Å². The number of hydrogen-bond donors (Lipinski definition) is 1. The summed E-state index contributed by atoms with van der Waals surface area (Å²) < 4.78 is 25.7. The molecule has 1 N–H and O–H groups in total. The number of benzene rings is 1. The smallest absolute Gasteiger partial charge is 0.255 e. The Labute approximate surface area is 121 Å². The van der Waals surface area contributed by atoms with Crippen molar-refractivity contribution in [2.75, 3.05) is 6.54 Å². The van der Waals surface area contributed by atoms with E-state index in [0.29, 0.717) is 5.56 Å². The van der Waals surface area contributed by atoms with Gasteiger partial charge in [-0.15, -0.1) is 0 Å². The van der Waals surface area contributed by atoms with Crippen LogP contribution in [-0.4, -0.2) is 35.7 Å². The van der Waals surface area contributed by atoms with Crippen molar-refractivity contribution in [2.45, 2.75) is 31.4 Å². The number of nitrogens with one attached hydrogen (secondary N) is 1. The van der Waals surface area contributed by atoms with Crippen molar-refractivity contribution < 1.29 is 18.4 Å². The van der Waals surface area contributed by atoms with Gasteiger partial charge in [0.05, 0.1) is 6.54 Å². The van der Waals surface area contributed by atoms with Gasteiger partial charge in [0.1, 0.15) is 12.1 Å². The predicted octanol–water partition coefficient (Wildman–Crippen LogP) is 1.73. The molecular formula is C15H16F2N2O2. The van der Waals surface area contributed by atoms with Crippen LogP contribution < -0.4 is 5.32 Å². The minimum atomic E-state index is -2.66. The SMILES string of the molecule is O=C1NC(C2CC2)C(=O)N(CC(F)F)C1c1ccccc1. The van der Waals surface area contributed by atoms with Crippen molar-refractivity contribution in [3.05, 3.63) is 35.9 Å². The van der Waals surface area contributed by atoms with Crippen LogP contribution in [0.3, 0.4) is 0 Å². The standard InChI is InChI=1S/C15H16F2N2O2/c16-11(17)8-19-13(10-4-2-1-3-5-10)14(20)18-12(15(19)21)9-6-7-9/h1-5,9,11-13H,6-8H2,(H,18,20). The van der Waals surface area contributed by atoms with Gasteiger partial charge >= 0.3 is 0 Å². The molecule has 2 unspecified atom stereocenters. The zero-order chi connectivity index (χ0) is 15.0. The molecule has 1 aliphatic heterocycles. The molecule has 1 heterocycles. The second kappa shape index (κ2) is 5.42. The summed E-state index contributed by atoms with van der Waals surface area (Å²) in [6, 6.07) is 6.96. The number of alkyl halides is 2. The van der Waals surface area contributed by atoms with Gasteiger partial charge in [-0.05, 0) is 24.3 Å². The fourth-order valence-corrected chi connectivity index (χ4v) is 2.80. The number of piperazine rings is 1. The van der Waals surface area contributed by atoms with E-state index in [-0.39, 0.29) is 11.8 Å². The van der Waals surface area contributed by atoms with E-state index in [1.54, 1.807) is 30.3 Å². The van der Waals surface area contributed by atoms with Gasteiger partial charge in [0, 0.05) is 0 Å². The van der Waals surface area contributed by atoms with Crippen molar-refractivity contribution in [3.63, 3.8) is 0 Å². The maximum Gasteiger partial charge on any atom is 0.255 e. The third-order valence-electron chi connectivity index (χ3n) is 3.95. The van der Waals surface area contributed by atoms with Gasteiger partial charge in [0.25, 0.3) is 6.43 Å². The number of nitrogens with zero attached hydrogens (tertiary/aromatic N) is 1. The molecule has 0 bridgehead atoms. The fraction of sp³-hybridized carbons (Fsp3) is 0.467. The molecule has 1 aromatic carbocycles. The minimum absolute atomic E-state index is 0.0957. The Bertz CT molecular complexity index is 546. The average Bonchev–Trinajstić information content (AvgIpc) is 3.27. The highest BCUT2D eigenvalue weighted by Crippen LogP contribution is 2.37. The molecule has 2 amide bonds. The highest BCUT2D eigenvalue weighted by atomic mass is 19.3. The molecule has 4 nitrogen and oxygen atoms in total. The first-order chi connectivity index (χ1) is 10.1. The molecule has 21 heavy (non-hydrogen) atoms. The van der Waals surface area contributed by atoms with E-state index in [0.717, 1.165) is 17.7 Å². The maximum absolute atomic E-state index is 12.8. The number of carbonyl (C=O) groups is 2. The van der Waals surface area contributed by atoms with E-state index in [2.05, 4.69) is 5.32 Å². The monoisotopic (exact) mass is 294 g/mol. The largest absolute Gasteiger partial charge is 0.342 e. The summed E-state index contributed by atoms with van der Waals surface area (Å²) in [5.41, 5.74) is 0.554. The lowest BCUT2D eigenvalue weighted by molar-refractivity contribution is -0.152. The molecule has 2 fully saturated rings. The van der Waals surface area contributed by atoms with Gasteiger partial charge in [0.2, 0.25) is 11.8 Å². The van der Waals surface area contributed by atoms with Gasteiger partial charge in [-0.25, -0.2) is 8.78 Å². The Hall–Kier alpha value is -1.98. The molecule has 1 saturated carbocycles. The normalized spacial score (nSPS) is 26.1. The van der Waals surface area contributed by atoms with Crippen LogP contribution in [0, 0.1) is 5.92 Å². The number of rotatable bonds is 4. The highest BCUT2D eigenvalue weighted by Gasteiger charge is 2.47. The Morgan fingerprint density at radius 2 is 1.86 bits per heavy atom. The van der Waals surface area contributed by atoms with Crippen molar-refractivity contribution >= 4 is 11.8 Å². The first-order valence-corrected chi connectivity index (χ1v) is 7.02. The van der Waals surface area contributed by atoms with Crippen LogP contribution in [0.4, 0.5) is 8.78 Å². The van der Waals surface area contributed by atoms with E-state index in [9.17, 15) is 18.4 Å². The van der Waals surface area contributed by atoms with Crippen molar-refractivity contribution in [1.29, 1.82) is 0 Å². The summed E-state index contributed by atoms with van der Waals surface area (Å²) in [5, 5.41) is 2.70. The lowest BCUT2D eigenvalue weighted by Gasteiger charge is -2.39. The van der Waals surface area contributed by atoms with Gasteiger partial charge < -0.3 is 10.2 Å². The maximum atomic E-state index is 12.8. The number of amides is 2. The van der Waals surface area contributed by atoms with E-state index in [1.807, 2.05) is 0 Å². The van der Waals surface area contributed by atoms with E-state index < -0.39 is 31.0 Å². The molecule has 3 rings (SSSR count). The van der Waals surface area contributed by atoms with Gasteiger partial charge in [-0.2, -0.15) is 0 Å². The molecular weight excluding hydrogens is 278 g/mol. The molecule has 1 aromatic rings. The Morgan fingerprint density at radius 3 is 2.43 bits per heavy atom. The highest BCUT2D eigenvalue weighted by molar-refractivity contribution is 5.98. The summed E-state index contributed by atoms with van der Waals surface area (Å²) in [6.45, 7) is -0.713. The summed E-state index contributed by atoms with van der Waals surface area (Å²) in [5.74, 6) is -0.678. The molecule has 6 heteroatoms. The van der Waals surface area contributed by atoms with Crippen LogP contribution in [0.15, 0.2) is 30.3 Å². The molecule has 1 saturated heterocycles. The zero-order valence-electron chi connectivity index (χ0n) is 11.3. The molecule has 2 aliphatic rings. The van der Waals surface area contributed by atoms with Crippen LogP contribution in [0.1, 0.15) is 24.4 Å². The molecule has 2 atom stereocenters. The Morgan fingerprint density at radius 1 is 1.19 bits per heavy atom. The van der Waals surface area contributed by atoms with E-state index in [1.165, 1.54) is 0 Å². The van der Waals surface area contributed by atoms with Crippen LogP contribution in [-0.2, 0) is 9.59 Å². The van der Waals surface area contributed by atoms with Gasteiger partial charge in [-0.3, -0.25) is 9.59 Å². The lowest BCUT2D eigenvalue weighted by atomic mass is 9.98. The first-order valence-electron chi connectivity index (χ1n) is 7.02. The predicted molar refractivity (Wildman–Crippen MR) is 71.6 cm³/mol. The minimum Gasteiger partial charge on any atom is -0.342 e. The Kier molecular flexibility index (Phi) is 3.61. The average molecular weight is 294 g/mol. The number of hydrogen-bond acceptors (Lipinski definition) is 2. The van der Waals surface area contributed by atoms with Crippen LogP contribution in [0.25, 0.3) is 0 Å². The third kappa shape index (κ3) is 2.75. The number of carbonyl (C=O) groups excluding carboxylic acids is 2. The first kappa shape index (κ1) is 14.0. The van der Waals surface area contributed by atoms with Crippen LogP contribution >= 0.6 is 0 Å². The fourth-order valence-electron chi connectivity index (χ4n) is 2.80. The summed E-state index contributed by atoms with van der Waals surface area (Å²) in [4.78, 5) is 25.8. The summed E-state index contributed by atoms with van der Waals surface area (Å²) >= 11 is 0. The second-order valence-corrected chi connectivity index (χ2v) is 5.52. The zero-order valence-corrected chi connectivity index (χ0v) is 11.3. The third-order valence-corrected chi connectivity index (χ3v) is 3.95. The number of halogens is 2. The summed E-state index contributed by atoms with van der Waals surface area (Å²) in [7, 11) is 0. The van der Waals surface area contributed by atoms with Crippen LogP contribution in [0.2, 0.25) is 0 Å². The second-order valence-electron chi connectivity index (χ2n) is 5.52. The summed E-state index contributed by atoms with van der Waals surface area (Å²) in [6.07, 6.45) is -0.948. The molecule has 0 spiro atoms. The van der Waals surface area contributed by atoms with Crippen molar-refractivity contribution in [2.24, 2.45) is 5.92 Å². The van der Waals surface area contributed by atoms with E-state index in [4.69, 9.17) is 0 Å². The van der Waals surface area contributed by atoms with Crippen LogP contribution in [0.5, 0.6) is 0 Å². The van der Waals surface area contributed by atoms with E-state index >= 15 is 0 Å². The molecule has 112 valence electrons. The van der Waals surface area contributed by atoms with Crippen molar-refractivity contribution in [1.82, 2.24) is 10.2 Å². The molecule has 1 aliphatic carbocycles. The quantitative estimate of drug-likeness (QED) is 0.919.